The molecule has 1 aromatic rings. The Kier molecular flexibility index (Phi) is 3.13. The molecule has 0 amide bonds. The van der Waals surface area contributed by atoms with Crippen molar-refractivity contribution in [1.29, 1.82) is 0 Å². The van der Waals surface area contributed by atoms with Crippen LogP contribution in [0.1, 0.15) is 37.3 Å². The van der Waals surface area contributed by atoms with E-state index >= 15 is 0 Å². The molecular formula is C13H14F4O. The zero-order chi connectivity index (χ0) is 13.6. The molecule has 1 fully saturated rings. The average Bonchev–Trinajstić information content (AvgIpc) is 2.99. The predicted molar refractivity (Wildman–Crippen MR) is 58.3 cm³/mol. The minimum atomic E-state index is -4.74. The van der Waals surface area contributed by atoms with E-state index in [1.807, 2.05) is 0 Å². The highest BCUT2D eigenvalue weighted by Crippen LogP contribution is 2.42. The SMILES string of the molecule is CC(O)(CC1CC1)c1ccc(F)c(C(F)(F)F)c1. The highest BCUT2D eigenvalue weighted by atomic mass is 19.4. The third-order valence-corrected chi connectivity index (χ3v) is 3.28. The van der Waals surface area contributed by atoms with Crippen LogP contribution in [0.4, 0.5) is 17.6 Å². The fraction of sp³-hybridized carbons (Fsp3) is 0.538. The molecule has 0 spiro atoms. The number of aliphatic hydroxyl groups is 1. The second kappa shape index (κ2) is 4.23. The molecular weight excluding hydrogens is 248 g/mol. The zero-order valence-electron chi connectivity index (χ0n) is 9.89. The Labute approximate surface area is 102 Å². The summed E-state index contributed by atoms with van der Waals surface area (Å²) in [4.78, 5) is 0. The molecule has 1 nitrogen and oxygen atoms in total. The van der Waals surface area contributed by atoms with Gasteiger partial charge in [-0.1, -0.05) is 18.9 Å². The molecule has 1 saturated carbocycles. The monoisotopic (exact) mass is 262 g/mol. The number of alkyl halides is 3. The Bertz CT molecular complexity index is 447. The van der Waals surface area contributed by atoms with Crippen molar-refractivity contribution in [2.24, 2.45) is 5.92 Å². The second-order valence-electron chi connectivity index (χ2n) is 5.11. The van der Waals surface area contributed by atoms with Crippen LogP contribution in [0, 0.1) is 11.7 Å². The first kappa shape index (κ1) is 13.3. The third kappa shape index (κ3) is 2.83. The third-order valence-electron chi connectivity index (χ3n) is 3.28. The molecule has 0 bridgehead atoms. The van der Waals surface area contributed by atoms with E-state index in [1.54, 1.807) is 0 Å². The van der Waals surface area contributed by atoms with Crippen LogP contribution in [-0.4, -0.2) is 5.11 Å². The Morgan fingerprint density at radius 3 is 2.39 bits per heavy atom. The minimum absolute atomic E-state index is 0.114. The molecule has 1 aliphatic rings. The van der Waals surface area contributed by atoms with Crippen molar-refractivity contribution in [2.75, 3.05) is 0 Å². The van der Waals surface area contributed by atoms with Crippen molar-refractivity contribution in [1.82, 2.24) is 0 Å². The summed E-state index contributed by atoms with van der Waals surface area (Å²) in [7, 11) is 0. The summed E-state index contributed by atoms with van der Waals surface area (Å²) in [6.07, 6.45) is -2.35. The molecule has 0 saturated heterocycles. The summed E-state index contributed by atoms with van der Waals surface area (Å²) in [6.45, 7) is 1.47. The quantitative estimate of drug-likeness (QED) is 0.820. The first-order chi connectivity index (χ1) is 8.20. The lowest BCUT2D eigenvalue weighted by Gasteiger charge is -2.25. The lowest BCUT2D eigenvalue weighted by atomic mass is 9.89. The average molecular weight is 262 g/mol. The van der Waals surface area contributed by atoms with Gasteiger partial charge in [-0.25, -0.2) is 4.39 Å². The van der Waals surface area contributed by atoms with Gasteiger partial charge < -0.3 is 5.11 Å². The summed E-state index contributed by atoms with van der Waals surface area (Å²) in [6, 6.07) is 2.68. The lowest BCUT2D eigenvalue weighted by Crippen LogP contribution is -2.23. The fourth-order valence-corrected chi connectivity index (χ4v) is 2.08. The van der Waals surface area contributed by atoms with Gasteiger partial charge in [-0.3, -0.25) is 0 Å². The van der Waals surface area contributed by atoms with Gasteiger partial charge in [0.15, 0.2) is 0 Å². The second-order valence-corrected chi connectivity index (χ2v) is 5.11. The first-order valence-electron chi connectivity index (χ1n) is 5.80. The molecule has 0 aliphatic heterocycles. The maximum atomic E-state index is 13.1. The van der Waals surface area contributed by atoms with Gasteiger partial charge in [0.1, 0.15) is 5.82 Å². The Morgan fingerprint density at radius 2 is 1.89 bits per heavy atom. The Hall–Kier alpha value is -1.10. The van der Waals surface area contributed by atoms with Crippen molar-refractivity contribution in [3.8, 4) is 0 Å². The number of benzene rings is 1. The number of rotatable bonds is 3. The maximum absolute atomic E-state index is 13.1. The van der Waals surface area contributed by atoms with Crippen LogP contribution >= 0.6 is 0 Å². The molecule has 100 valence electrons. The van der Waals surface area contributed by atoms with Gasteiger partial charge in [-0.15, -0.1) is 0 Å². The van der Waals surface area contributed by atoms with Crippen molar-refractivity contribution < 1.29 is 22.7 Å². The largest absolute Gasteiger partial charge is 0.419 e. The summed E-state index contributed by atoms with van der Waals surface area (Å²) in [5.74, 6) is -0.951. The van der Waals surface area contributed by atoms with E-state index in [-0.39, 0.29) is 5.56 Å². The molecule has 1 N–H and O–H groups in total. The molecule has 0 heterocycles. The topological polar surface area (TPSA) is 20.2 Å². The van der Waals surface area contributed by atoms with Crippen LogP contribution in [0.2, 0.25) is 0 Å². The molecule has 2 rings (SSSR count). The number of halogens is 4. The Morgan fingerprint density at radius 1 is 1.28 bits per heavy atom. The molecule has 1 aliphatic carbocycles. The van der Waals surface area contributed by atoms with Crippen LogP contribution in [0.5, 0.6) is 0 Å². The summed E-state index contributed by atoms with van der Waals surface area (Å²) in [5.41, 5.74) is -2.55. The van der Waals surface area contributed by atoms with Crippen molar-refractivity contribution >= 4 is 0 Å². The normalized spacial score (nSPS) is 19.7. The van der Waals surface area contributed by atoms with Gasteiger partial charge >= 0.3 is 6.18 Å². The highest BCUT2D eigenvalue weighted by Gasteiger charge is 2.37. The van der Waals surface area contributed by atoms with E-state index in [2.05, 4.69) is 0 Å². The minimum Gasteiger partial charge on any atom is -0.385 e. The van der Waals surface area contributed by atoms with Crippen LogP contribution < -0.4 is 0 Å². The van der Waals surface area contributed by atoms with Crippen molar-refractivity contribution in [3.63, 3.8) is 0 Å². The highest BCUT2D eigenvalue weighted by molar-refractivity contribution is 5.31. The molecule has 0 radical (unpaired) electrons. The van der Waals surface area contributed by atoms with Gasteiger partial charge in [0.05, 0.1) is 11.2 Å². The van der Waals surface area contributed by atoms with Crippen LogP contribution in [-0.2, 0) is 11.8 Å². The zero-order valence-corrected chi connectivity index (χ0v) is 9.89. The van der Waals surface area contributed by atoms with Gasteiger partial charge in [-0.05, 0) is 37.0 Å². The maximum Gasteiger partial charge on any atom is 0.419 e. The molecule has 18 heavy (non-hydrogen) atoms. The van der Waals surface area contributed by atoms with Gasteiger partial charge in [-0.2, -0.15) is 13.2 Å². The molecule has 0 aromatic heterocycles. The smallest absolute Gasteiger partial charge is 0.385 e. The van der Waals surface area contributed by atoms with Crippen molar-refractivity contribution in [2.45, 2.75) is 38.0 Å². The van der Waals surface area contributed by atoms with Gasteiger partial charge in [0.25, 0.3) is 0 Å². The van der Waals surface area contributed by atoms with Gasteiger partial charge in [0, 0.05) is 0 Å². The summed E-state index contributed by atoms with van der Waals surface area (Å²) in [5, 5.41) is 10.2. The standard InChI is InChI=1S/C13H14F4O/c1-12(18,7-8-2-3-8)9-4-5-11(14)10(6-9)13(15,16)17/h4-6,8,18H,2-3,7H2,1H3. The van der Waals surface area contributed by atoms with Crippen molar-refractivity contribution in [3.05, 3.63) is 35.1 Å². The Balaban J connectivity index is 2.33. The lowest BCUT2D eigenvalue weighted by molar-refractivity contribution is -0.140. The predicted octanol–water partition coefficient (Wildman–Crippen LogP) is 3.85. The van der Waals surface area contributed by atoms with E-state index < -0.39 is 23.2 Å². The molecule has 5 heteroatoms. The van der Waals surface area contributed by atoms with Crippen LogP contribution in [0.15, 0.2) is 18.2 Å². The van der Waals surface area contributed by atoms with Gasteiger partial charge in [0.2, 0.25) is 0 Å². The fourth-order valence-electron chi connectivity index (χ4n) is 2.08. The van der Waals surface area contributed by atoms with Crippen LogP contribution in [0.25, 0.3) is 0 Å². The first-order valence-corrected chi connectivity index (χ1v) is 5.80. The number of hydrogen-bond acceptors (Lipinski definition) is 1. The molecule has 1 aromatic carbocycles. The van der Waals surface area contributed by atoms with E-state index in [0.29, 0.717) is 18.4 Å². The molecule has 1 unspecified atom stereocenters. The number of hydrogen-bond donors (Lipinski definition) is 1. The van der Waals surface area contributed by atoms with E-state index in [1.165, 1.54) is 13.0 Å². The summed E-state index contributed by atoms with van der Waals surface area (Å²) >= 11 is 0. The molecule has 1 atom stereocenters. The van der Waals surface area contributed by atoms with E-state index in [0.717, 1.165) is 18.9 Å². The van der Waals surface area contributed by atoms with E-state index in [9.17, 15) is 22.7 Å². The van der Waals surface area contributed by atoms with E-state index in [4.69, 9.17) is 0 Å². The summed E-state index contributed by atoms with van der Waals surface area (Å²) < 4.78 is 50.8. The van der Waals surface area contributed by atoms with Crippen LogP contribution in [0.3, 0.4) is 0 Å².